The number of rotatable bonds is 1. The van der Waals surface area contributed by atoms with Gasteiger partial charge in [0.15, 0.2) is 0 Å². The summed E-state index contributed by atoms with van der Waals surface area (Å²) in [6.45, 7) is 0. The monoisotopic (exact) mass is 274 g/mol. The smallest absolute Gasteiger partial charge is 0.00372 e. The average Bonchev–Trinajstić information content (AvgIpc) is 2.51. The van der Waals surface area contributed by atoms with Gasteiger partial charge in [-0.2, -0.15) is 0 Å². The van der Waals surface area contributed by atoms with Crippen LogP contribution in [0.3, 0.4) is 0 Å². The first-order chi connectivity index (χ1) is 8.97. The maximum absolute atomic E-state index is 2.12. The first-order valence-corrected chi connectivity index (χ1v) is 8.80. The van der Waals surface area contributed by atoms with Crippen LogP contribution in [0.25, 0.3) is 11.1 Å². The molecule has 0 aliphatic carbocycles. The predicted octanol–water partition coefficient (Wildman–Crippen LogP) is 5.52. The lowest BCUT2D eigenvalue weighted by Gasteiger charge is -2.04. The van der Waals surface area contributed by atoms with E-state index in [1.165, 1.54) is 35.5 Å². The zero-order chi connectivity index (χ0) is 12.5. The molecule has 18 heavy (non-hydrogen) atoms. The van der Waals surface area contributed by atoms with Gasteiger partial charge in [0.1, 0.15) is 0 Å². The highest BCUT2D eigenvalue weighted by Gasteiger charge is 1.96. The Morgan fingerprint density at radius 1 is 0.556 bits per heavy atom. The van der Waals surface area contributed by atoms with Crippen LogP contribution in [-0.2, 0) is 0 Å². The lowest BCUT2D eigenvalue weighted by atomic mass is 10.1. The third-order valence-corrected chi connectivity index (χ3v) is 5.25. The van der Waals surface area contributed by atoms with Crippen molar-refractivity contribution in [3.8, 4) is 11.1 Å². The molecule has 2 aromatic rings. The zero-order valence-electron chi connectivity index (χ0n) is 10.4. The van der Waals surface area contributed by atoms with E-state index in [1.807, 2.05) is 33.7 Å². The Kier molecular flexibility index (Phi) is 6.24. The fraction of sp³-hybridized carbons (Fsp3) is 0.250. The second-order valence-electron chi connectivity index (χ2n) is 4.08. The third-order valence-electron chi connectivity index (χ3n) is 2.67. The zero-order valence-corrected chi connectivity index (χ0v) is 12.1. The normalized spacial score (nSPS) is 14.4. The quantitative estimate of drug-likeness (QED) is 0.628. The summed E-state index contributed by atoms with van der Waals surface area (Å²) in [5, 5.41) is 0. The molecule has 1 fully saturated rings. The summed E-state index contributed by atoms with van der Waals surface area (Å²) in [4.78, 5) is 0. The van der Waals surface area contributed by atoms with E-state index in [1.54, 1.807) is 0 Å². The largest absolute Gasteiger partial charge is 0.0942 e. The van der Waals surface area contributed by atoms with Crippen molar-refractivity contribution in [2.45, 2.75) is 12.8 Å². The van der Waals surface area contributed by atoms with Crippen molar-refractivity contribution in [2.75, 3.05) is 11.5 Å². The van der Waals surface area contributed by atoms with Crippen molar-refractivity contribution in [3.05, 3.63) is 60.7 Å². The minimum absolute atomic E-state index is 1.28. The topological polar surface area (TPSA) is 0 Å². The standard InChI is InChI=1S/C12H10.C4H8S2/c1-3-7-11(8-4-1)12-9-5-2-6-10-12;1-2-4-6-5-3-1/h1-10H;1-4H2. The van der Waals surface area contributed by atoms with Crippen molar-refractivity contribution in [1.82, 2.24) is 0 Å². The summed E-state index contributed by atoms with van der Waals surface area (Å²) in [6.07, 6.45) is 2.88. The first-order valence-electron chi connectivity index (χ1n) is 6.32. The van der Waals surface area contributed by atoms with Gasteiger partial charge >= 0.3 is 0 Å². The van der Waals surface area contributed by atoms with E-state index in [-0.39, 0.29) is 0 Å². The number of benzene rings is 2. The van der Waals surface area contributed by atoms with Gasteiger partial charge < -0.3 is 0 Å². The van der Waals surface area contributed by atoms with Crippen molar-refractivity contribution >= 4 is 21.6 Å². The Hall–Kier alpha value is -0.860. The maximum Gasteiger partial charge on any atom is 0.00372 e. The second-order valence-corrected chi connectivity index (χ2v) is 6.79. The van der Waals surface area contributed by atoms with Gasteiger partial charge in [0.25, 0.3) is 0 Å². The minimum atomic E-state index is 1.28. The van der Waals surface area contributed by atoms with E-state index < -0.39 is 0 Å². The highest BCUT2D eigenvalue weighted by molar-refractivity contribution is 8.76. The van der Waals surface area contributed by atoms with Gasteiger partial charge in [-0.3, -0.25) is 0 Å². The molecule has 0 spiro atoms. The Bertz CT molecular complexity index is 372. The average molecular weight is 274 g/mol. The molecule has 2 heteroatoms. The molecule has 0 amide bonds. The molecule has 0 atom stereocenters. The van der Waals surface area contributed by atoms with Gasteiger partial charge in [0.05, 0.1) is 0 Å². The van der Waals surface area contributed by atoms with Crippen LogP contribution in [0.15, 0.2) is 60.7 Å². The summed E-state index contributed by atoms with van der Waals surface area (Å²) in [6, 6.07) is 20.8. The van der Waals surface area contributed by atoms with Gasteiger partial charge in [-0.15, -0.1) is 0 Å². The van der Waals surface area contributed by atoms with Gasteiger partial charge in [0.2, 0.25) is 0 Å². The number of hydrogen-bond acceptors (Lipinski definition) is 2. The Labute approximate surface area is 118 Å². The van der Waals surface area contributed by atoms with E-state index >= 15 is 0 Å². The Balaban J connectivity index is 0.000000169. The van der Waals surface area contributed by atoms with Gasteiger partial charge in [-0.1, -0.05) is 82.3 Å². The predicted molar refractivity (Wildman–Crippen MR) is 86.0 cm³/mol. The van der Waals surface area contributed by atoms with E-state index in [0.717, 1.165) is 0 Å². The van der Waals surface area contributed by atoms with Crippen LogP contribution in [-0.4, -0.2) is 11.5 Å². The van der Waals surface area contributed by atoms with E-state index in [4.69, 9.17) is 0 Å². The molecule has 0 radical (unpaired) electrons. The summed E-state index contributed by atoms with van der Waals surface area (Å²) in [5.74, 6) is 2.76. The van der Waals surface area contributed by atoms with Gasteiger partial charge in [-0.25, -0.2) is 0 Å². The molecule has 1 heterocycles. The van der Waals surface area contributed by atoms with Crippen molar-refractivity contribution in [1.29, 1.82) is 0 Å². The van der Waals surface area contributed by atoms with Gasteiger partial charge in [-0.05, 0) is 24.0 Å². The third kappa shape index (κ3) is 4.79. The molecule has 0 saturated carbocycles. The van der Waals surface area contributed by atoms with Crippen LogP contribution in [0.2, 0.25) is 0 Å². The SMILES string of the molecule is C1CCSSC1.c1ccc(-c2ccccc2)cc1. The van der Waals surface area contributed by atoms with E-state index in [9.17, 15) is 0 Å². The second kappa shape index (κ2) is 8.28. The van der Waals surface area contributed by atoms with Crippen LogP contribution >= 0.6 is 21.6 Å². The molecule has 2 aromatic carbocycles. The molecule has 0 bridgehead atoms. The summed E-state index contributed by atoms with van der Waals surface area (Å²) >= 11 is 0. The fourth-order valence-electron chi connectivity index (χ4n) is 1.70. The highest BCUT2D eigenvalue weighted by Crippen LogP contribution is 2.28. The minimum Gasteiger partial charge on any atom is -0.0942 e. The molecule has 1 aliphatic rings. The Morgan fingerprint density at radius 3 is 1.22 bits per heavy atom. The van der Waals surface area contributed by atoms with Crippen molar-refractivity contribution in [2.24, 2.45) is 0 Å². The molecule has 0 unspecified atom stereocenters. The molecular weight excluding hydrogens is 256 g/mol. The Morgan fingerprint density at radius 2 is 0.944 bits per heavy atom. The fourth-order valence-corrected chi connectivity index (χ4v) is 3.99. The lowest BCUT2D eigenvalue weighted by Crippen LogP contribution is -1.86. The molecule has 0 nitrogen and oxygen atoms in total. The summed E-state index contributed by atoms with van der Waals surface area (Å²) < 4.78 is 0. The van der Waals surface area contributed by atoms with Crippen LogP contribution < -0.4 is 0 Å². The molecule has 94 valence electrons. The molecule has 1 aliphatic heterocycles. The van der Waals surface area contributed by atoms with Crippen LogP contribution in [0.1, 0.15) is 12.8 Å². The molecule has 1 saturated heterocycles. The number of hydrogen-bond donors (Lipinski definition) is 0. The molecule has 0 aromatic heterocycles. The van der Waals surface area contributed by atoms with E-state index in [0.29, 0.717) is 0 Å². The van der Waals surface area contributed by atoms with Crippen LogP contribution in [0.4, 0.5) is 0 Å². The molecule has 3 rings (SSSR count). The van der Waals surface area contributed by atoms with E-state index in [2.05, 4.69) is 48.5 Å². The summed E-state index contributed by atoms with van der Waals surface area (Å²) in [5.41, 5.74) is 2.55. The van der Waals surface area contributed by atoms with Crippen molar-refractivity contribution in [3.63, 3.8) is 0 Å². The summed E-state index contributed by atoms with van der Waals surface area (Å²) in [7, 11) is 4.02. The highest BCUT2D eigenvalue weighted by atomic mass is 33.1. The lowest BCUT2D eigenvalue weighted by molar-refractivity contribution is 0.906. The first kappa shape index (κ1) is 13.6. The van der Waals surface area contributed by atoms with Crippen molar-refractivity contribution < 1.29 is 0 Å². The van der Waals surface area contributed by atoms with Crippen LogP contribution in [0.5, 0.6) is 0 Å². The van der Waals surface area contributed by atoms with Gasteiger partial charge in [0, 0.05) is 11.5 Å². The maximum atomic E-state index is 2.12. The molecule has 0 N–H and O–H groups in total. The molecular formula is C16H18S2. The van der Waals surface area contributed by atoms with Crippen LogP contribution in [0, 0.1) is 0 Å².